The summed E-state index contributed by atoms with van der Waals surface area (Å²) in [4.78, 5) is 27.0. The Kier molecular flexibility index (Phi) is 6.74. The fourth-order valence-electron chi connectivity index (χ4n) is 2.35. The summed E-state index contributed by atoms with van der Waals surface area (Å²) in [6, 6.07) is 7.50. The van der Waals surface area contributed by atoms with Gasteiger partial charge in [0, 0.05) is 31.6 Å². The third-order valence-corrected chi connectivity index (χ3v) is 4.57. The molecule has 120 valence electrons. The number of benzene rings is 1. The van der Waals surface area contributed by atoms with Crippen LogP contribution in [0.3, 0.4) is 0 Å². The molecular formula is C16H22N2O3S. The van der Waals surface area contributed by atoms with Crippen molar-refractivity contribution >= 4 is 23.6 Å². The van der Waals surface area contributed by atoms with Crippen molar-refractivity contribution in [2.45, 2.75) is 17.7 Å². The Balaban J connectivity index is 1.93. The molecule has 1 aliphatic rings. The number of hydrogen-bond acceptors (Lipinski definition) is 4. The number of hydrogen-bond donors (Lipinski definition) is 1. The quantitative estimate of drug-likeness (QED) is 0.614. The average Bonchev–Trinajstić information content (AvgIpc) is 3.07. The van der Waals surface area contributed by atoms with Gasteiger partial charge >= 0.3 is 0 Å². The van der Waals surface area contributed by atoms with Crippen LogP contribution in [-0.4, -0.2) is 55.8 Å². The molecule has 1 aromatic carbocycles. The first kappa shape index (κ1) is 16.8. The molecule has 1 N–H and O–H groups in total. The van der Waals surface area contributed by atoms with E-state index in [2.05, 4.69) is 5.32 Å². The first-order valence-electron chi connectivity index (χ1n) is 7.49. The highest BCUT2D eigenvalue weighted by Crippen LogP contribution is 2.25. The number of thioether (sulfide) groups is 1. The zero-order valence-electron chi connectivity index (χ0n) is 12.8. The number of carbonyl (C=O) groups is 2. The minimum Gasteiger partial charge on any atom is -0.383 e. The zero-order chi connectivity index (χ0) is 15.8. The van der Waals surface area contributed by atoms with Crippen LogP contribution in [0.15, 0.2) is 29.2 Å². The number of carbonyl (C=O) groups excluding carboxylic acids is 2. The first-order valence-corrected chi connectivity index (χ1v) is 8.47. The Morgan fingerprint density at radius 3 is 2.73 bits per heavy atom. The smallest absolute Gasteiger partial charge is 0.254 e. The summed E-state index contributed by atoms with van der Waals surface area (Å²) in [6.45, 7) is 2.66. The van der Waals surface area contributed by atoms with Gasteiger partial charge in [0.1, 0.15) is 0 Å². The van der Waals surface area contributed by atoms with E-state index >= 15 is 0 Å². The van der Waals surface area contributed by atoms with Crippen LogP contribution >= 0.6 is 11.8 Å². The normalized spacial score (nSPS) is 14.1. The summed E-state index contributed by atoms with van der Waals surface area (Å²) in [5, 5.41) is 2.78. The number of nitrogens with zero attached hydrogens (tertiary/aromatic N) is 1. The number of ether oxygens (including phenoxy) is 1. The molecule has 0 spiro atoms. The van der Waals surface area contributed by atoms with Crippen molar-refractivity contribution in [3.05, 3.63) is 29.8 Å². The van der Waals surface area contributed by atoms with Crippen LogP contribution < -0.4 is 5.32 Å². The molecule has 1 heterocycles. The molecule has 5 nitrogen and oxygen atoms in total. The van der Waals surface area contributed by atoms with Gasteiger partial charge in [-0.1, -0.05) is 12.1 Å². The van der Waals surface area contributed by atoms with Crippen LogP contribution in [0.25, 0.3) is 0 Å². The molecule has 22 heavy (non-hydrogen) atoms. The summed E-state index contributed by atoms with van der Waals surface area (Å²) >= 11 is 1.40. The van der Waals surface area contributed by atoms with Crippen LogP contribution in [0.5, 0.6) is 0 Å². The fourth-order valence-corrected chi connectivity index (χ4v) is 3.22. The van der Waals surface area contributed by atoms with Gasteiger partial charge in [0.05, 0.1) is 17.9 Å². The summed E-state index contributed by atoms with van der Waals surface area (Å²) in [5.74, 6) is 0.319. The standard InChI is InChI=1S/C16H22N2O3S/c1-21-11-8-17-15(19)12-22-14-7-3-2-6-13(14)16(20)18-9-4-5-10-18/h2-3,6-7H,4-5,8-12H2,1H3,(H,17,19). The second-order valence-electron chi connectivity index (χ2n) is 5.13. The van der Waals surface area contributed by atoms with E-state index < -0.39 is 0 Å². The highest BCUT2D eigenvalue weighted by molar-refractivity contribution is 8.00. The molecule has 1 aromatic rings. The number of methoxy groups -OCH3 is 1. The Bertz CT molecular complexity index is 516. The van der Waals surface area contributed by atoms with Gasteiger partial charge in [0.15, 0.2) is 0 Å². The monoisotopic (exact) mass is 322 g/mol. The number of rotatable bonds is 7. The highest BCUT2D eigenvalue weighted by atomic mass is 32.2. The van der Waals surface area contributed by atoms with E-state index in [1.807, 2.05) is 29.2 Å². The summed E-state index contributed by atoms with van der Waals surface area (Å²) in [5.41, 5.74) is 0.694. The first-order chi connectivity index (χ1) is 10.7. The zero-order valence-corrected chi connectivity index (χ0v) is 13.7. The maximum absolute atomic E-state index is 12.5. The lowest BCUT2D eigenvalue weighted by molar-refractivity contribution is -0.118. The summed E-state index contributed by atoms with van der Waals surface area (Å²) < 4.78 is 4.89. The second kappa shape index (κ2) is 8.80. The molecular weight excluding hydrogens is 300 g/mol. The topological polar surface area (TPSA) is 58.6 Å². The minimum atomic E-state index is -0.0505. The lowest BCUT2D eigenvalue weighted by Gasteiger charge is -2.17. The van der Waals surface area contributed by atoms with E-state index in [0.29, 0.717) is 24.5 Å². The molecule has 0 saturated carbocycles. The fraction of sp³-hybridized carbons (Fsp3) is 0.500. The van der Waals surface area contributed by atoms with Gasteiger partial charge in [-0.25, -0.2) is 0 Å². The van der Waals surface area contributed by atoms with Crippen molar-refractivity contribution < 1.29 is 14.3 Å². The van der Waals surface area contributed by atoms with Crippen LogP contribution in [0.2, 0.25) is 0 Å². The van der Waals surface area contributed by atoms with Crippen LogP contribution in [-0.2, 0) is 9.53 Å². The molecule has 6 heteroatoms. The van der Waals surface area contributed by atoms with Gasteiger partial charge in [-0.05, 0) is 25.0 Å². The summed E-state index contributed by atoms with van der Waals surface area (Å²) in [6.07, 6.45) is 2.14. The molecule has 0 bridgehead atoms. The van der Waals surface area contributed by atoms with Crippen LogP contribution in [0.4, 0.5) is 0 Å². The van der Waals surface area contributed by atoms with E-state index in [4.69, 9.17) is 4.74 Å². The highest BCUT2D eigenvalue weighted by Gasteiger charge is 2.21. The Morgan fingerprint density at radius 1 is 1.27 bits per heavy atom. The van der Waals surface area contributed by atoms with Gasteiger partial charge in [-0.3, -0.25) is 9.59 Å². The predicted octanol–water partition coefficient (Wildman–Crippen LogP) is 1.78. The van der Waals surface area contributed by atoms with Gasteiger partial charge in [-0.15, -0.1) is 11.8 Å². The molecule has 0 atom stereocenters. The van der Waals surface area contributed by atoms with Crippen LogP contribution in [0.1, 0.15) is 23.2 Å². The van der Waals surface area contributed by atoms with Crippen molar-refractivity contribution in [1.82, 2.24) is 10.2 Å². The molecule has 2 amide bonds. The Morgan fingerprint density at radius 2 is 2.00 bits per heavy atom. The molecule has 1 saturated heterocycles. The lowest BCUT2D eigenvalue weighted by atomic mass is 10.2. The molecule has 1 fully saturated rings. The molecule has 0 aromatic heterocycles. The Hall–Kier alpha value is -1.53. The minimum absolute atomic E-state index is 0.0505. The molecule has 1 aliphatic heterocycles. The van der Waals surface area contributed by atoms with Gasteiger partial charge in [0.2, 0.25) is 5.91 Å². The number of likely N-dealkylation sites (tertiary alicyclic amines) is 1. The largest absolute Gasteiger partial charge is 0.383 e. The average molecular weight is 322 g/mol. The van der Waals surface area contributed by atoms with E-state index in [0.717, 1.165) is 30.8 Å². The van der Waals surface area contributed by atoms with E-state index in [9.17, 15) is 9.59 Å². The van der Waals surface area contributed by atoms with Crippen LogP contribution in [0, 0.1) is 0 Å². The molecule has 2 rings (SSSR count). The predicted molar refractivity (Wildman–Crippen MR) is 87.2 cm³/mol. The van der Waals surface area contributed by atoms with Crippen molar-refractivity contribution in [3.63, 3.8) is 0 Å². The van der Waals surface area contributed by atoms with E-state index in [-0.39, 0.29) is 11.8 Å². The SMILES string of the molecule is COCCNC(=O)CSc1ccccc1C(=O)N1CCCC1. The number of amides is 2. The molecule has 0 unspecified atom stereocenters. The van der Waals surface area contributed by atoms with Crippen molar-refractivity contribution in [1.29, 1.82) is 0 Å². The van der Waals surface area contributed by atoms with Crippen molar-refractivity contribution in [3.8, 4) is 0 Å². The van der Waals surface area contributed by atoms with Crippen molar-refractivity contribution in [2.24, 2.45) is 0 Å². The van der Waals surface area contributed by atoms with Gasteiger partial charge in [0.25, 0.3) is 5.91 Å². The third kappa shape index (κ3) is 4.74. The third-order valence-electron chi connectivity index (χ3n) is 3.50. The lowest BCUT2D eigenvalue weighted by Crippen LogP contribution is -2.29. The van der Waals surface area contributed by atoms with Crippen molar-refractivity contribution in [2.75, 3.05) is 39.1 Å². The summed E-state index contributed by atoms with van der Waals surface area (Å²) in [7, 11) is 1.60. The molecule has 0 aliphatic carbocycles. The maximum atomic E-state index is 12.5. The maximum Gasteiger partial charge on any atom is 0.254 e. The molecule has 0 radical (unpaired) electrons. The van der Waals surface area contributed by atoms with E-state index in [1.165, 1.54) is 11.8 Å². The second-order valence-corrected chi connectivity index (χ2v) is 6.14. The van der Waals surface area contributed by atoms with E-state index in [1.54, 1.807) is 7.11 Å². The van der Waals surface area contributed by atoms with Gasteiger partial charge in [-0.2, -0.15) is 0 Å². The Labute approximate surface area is 135 Å². The van der Waals surface area contributed by atoms with Gasteiger partial charge < -0.3 is 15.0 Å². The number of nitrogens with one attached hydrogen (secondary N) is 1.